The Kier molecular flexibility index (Phi) is 8.54. The number of nitrogens with zero attached hydrogens (tertiary/aromatic N) is 2. The van der Waals surface area contributed by atoms with E-state index in [4.69, 9.17) is 4.42 Å². The summed E-state index contributed by atoms with van der Waals surface area (Å²) in [5, 5.41) is 17.3. The molecule has 3 heterocycles. The van der Waals surface area contributed by atoms with Crippen LogP contribution in [0.1, 0.15) is 50.6 Å². The summed E-state index contributed by atoms with van der Waals surface area (Å²) in [6.07, 6.45) is 1.73. The van der Waals surface area contributed by atoms with E-state index in [2.05, 4.69) is 10.6 Å². The van der Waals surface area contributed by atoms with E-state index in [0.29, 0.717) is 11.0 Å². The van der Waals surface area contributed by atoms with E-state index in [1.54, 1.807) is 6.92 Å². The molecule has 0 aliphatic carbocycles. The van der Waals surface area contributed by atoms with Crippen molar-refractivity contribution in [3.05, 3.63) is 65.4 Å². The van der Waals surface area contributed by atoms with Crippen LogP contribution in [0.5, 0.6) is 0 Å². The molecule has 13 heteroatoms. The Labute approximate surface area is 231 Å². The van der Waals surface area contributed by atoms with Crippen molar-refractivity contribution in [2.45, 2.75) is 63.2 Å². The van der Waals surface area contributed by atoms with Gasteiger partial charge in [-0.3, -0.25) is 14.4 Å². The van der Waals surface area contributed by atoms with Gasteiger partial charge in [0.25, 0.3) is 5.91 Å². The van der Waals surface area contributed by atoms with Crippen LogP contribution in [-0.2, 0) is 19.6 Å². The number of amides is 2. The number of pyridine rings is 1. The standard InChI is InChI=1S/C27H31FN4O7S/c1-16(2)12-21(30-27(35)24-14-18-13-19(28)8-10-23(18)39-24)26(34)29-20-9-7-17(3)32(15-22(20)33)40(37,38)25-6-4-5-11-31(25)36/h4-6,8,10-11,13-14,16-17,20-21H,7,9,12,15H2,1-3H3,(H,29,34)(H,30,35)/t17-,20+,21+/m1/s1. The number of halogens is 1. The summed E-state index contributed by atoms with van der Waals surface area (Å²) in [4.78, 5) is 39.3. The molecule has 0 spiro atoms. The van der Waals surface area contributed by atoms with Crippen molar-refractivity contribution in [2.75, 3.05) is 6.54 Å². The Morgan fingerprint density at radius 2 is 1.95 bits per heavy atom. The van der Waals surface area contributed by atoms with E-state index in [0.717, 1.165) is 10.5 Å². The molecule has 2 aromatic heterocycles. The molecule has 1 saturated heterocycles. The monoisotopic (exact) mass is 574 g/mol. The minimum atomic E-state index is -4.28. The molecule has 0 radical (unpaired) electrons. The van der Waals surface area contributed by atoms with E-state index in [-0.39, 0.29) is 35.7 Å². The fourth-order valence-corrected chi connectivity index (χ4v) is 6.33. The predicted octanol–water partition coefficient (Wildman–Crippen LogP) is 2.28. The van der Waals surface area contributed by atoms with Crippen molar-refractivity contribution < 1.29 is 36.3 Å². The lowest BCUT2D eigenvalue weighted by molar-refractivity contribution is -0.646. The third-order valence-electron chi connectivity index (χ3n) is 6.77. The third kappa shape index (κ3) is 6.31. The quantitative estimate of drug-likeness (QED) is 0.309. The molecule has 1 aromatic carbocycles. The van der Waals surface area contributed by atoms with E-state index in [9.17, 15) is 32.4 Å². The summed E-state index contributed by atoms with van der Waals surface area (Å²) in [5.74, 6) is -2.41. The number of nitrogens with one attached hydrogen (secondary N) is 2. The number of benzene rings is 1. The maximum Gasteiger partial charge on any atom is 0.323 e. The second-order valence-electron chi connectivity index (χ2n) is 10.3. The number of hydrogen-bond donors (Lipinski definition) is 2. The Bertz CT molecular complexity index is 1540. The molecule has 0 saturated carbocycles. The van der Waals surface area contributed by atoms with Crippen LogP contribution in [0.4, 0.5) is 4.39 Å². The zero-order valence-corrected chi connectivity index (χ0v) is 23.1. The van der Waals surface area contributed by atoms with Gasteiger partial charge in [0, 0.05) is 23.6 Å². The summed E-state index contributed by atoms with van der Waals surface area (Å²) >= 11 is 0. The van der Waals surface area contributed by atoms with E-state index < -0.39 is 63.1 Å². The van der Waals surface area contributed by atoms with Gasteiger partial charge in [-0.15, -0.1) is 0 Å². The molecular formula is C27H31FN4O7S. The topological polar surface area (TPSA) is 153 Å². The average molecular weight is 575 g/mol. The van der Waals surface area contributed by atoms with Crippen LogP contribution in [0.3, 0.4) is 0 Å². The average Bonchev–Trinajstić information content (AvgIpc) is 3.25. The fraction of sp³-hybridized carbons (Fsp3) is 0.407. The largest absolute Gasteiger partial charge is 0.618 e. The molecule has 4 rings (SSSR count). The second-order valence-corrected chi connectivity index (χ2v) is 12.2. The van der Waals surface area contributed by atoms with E-state index >= 15 is 0 Å². The van der Waals surface area contributed by atoms with Gasteiger partial charge >= 0.3 is 15.0 Å². The van der Waals surface area contributed by atoms with Gasteiger partial charge in [-0.1, -0.05) is 13.8 Å². The number of ketones is 1. The third-order valence-corrected chi connectivity index (χ3v) is 8.73. The number of carbonyl (C=O) groups excluding carboxylic acids is 3. The van der Waals surface area contributed by atoms with Gasteiger partial charge in [-0.2, -0.15) is 9.04 Å². The van der Waals surface area contributed by atoms with Crippen LogP contribution in [-0.4, -0.2) is 55.0 Å². The van der Waals surface area contributed by atoms with Gasteiger partial charge in [0.05, 0.1) is 12.6 Å². The van der Waals surface area contributed by atoms with Gasteiger partial charge in [-0.25, -0.2) is 12.8 Å². The first-order chi connectivity index (χ1) is 18.9. The number of fused-ring (bicyclic) bond motifs is 1. The van der Waals surface area contributed by atoms with Gasteiger partial charge < -0.3 is 20.3 Å². The maximum atomic E-state index is 13.5. The lowest BCUT2D eigenvalue weighted by Crippen LogP contribution is -2.53. The lowest BCUT2D eigenvalue weighted by atomic mass is 10.0. The minimum Gasteiger partial charge on any atom is -0.618 e. The van der Waals surface area contributed by atoms with Gasteiger partial charge in [0.15, 0.2) is 17.7 Å². The first-order valence-corrected chi connectivity index (χ1v) is 14.3. The Morgan fingerprint density at radius 3 is 2.65 bits per heavy atom. The van der Waals surface area contributed by atoms with Crippen LogP contribution in [0.15, 0.2) is 58.1 Å². The zero-order chi connectivity index (χ0) is 29.2. The lowest BCUT2D eigenvalue weighted by Gasteiger charge is -2.24. The Morgan fingerprint density at radius 1 is 1.20 bits per heavy atom. The number of carbonyl (C=O) groups is 3. The highest BCUT2D eigenvalue weighted by molar-refractivity contribution is 7.89. The molecule has 214 valence electrons. The fourth-order valence-electron chi connectivity index (χ4n) is 4.67. The highest BCUT2D eigenvalue weighted by Crippen LogP contribution is 2.23. The highest BCUT2D eigenvalue weighted by Gasteiger charge is 2.40. The van der Waals surface area contributed by atoms with Crippen LogP contribution in [0.2, 0.25) is 0 Å². The number of hydrogen-bond acceptors (Lipinski definition) is 7. The van der Waals surface area contributed by atoms with Crippen molar-refractivity contribution in [1.29, 1.82) is 0 Å². The number of sulfonamides is 1. The number of furan rings is 1. The maximum absolute atomic E-state index is 13.5. The summed E-state index contributed by atoms with van der Waals surface area (Å²) in [5.41, 5.74) is 0.312. The molecule has 3 atom stereocenters. The van der Waals surface area contributed by atoms with Crippen molar-refractivity contribution in [1.82, 2.24) is 14.9 Å². The van der Waals surface area contributed by atoms with Crippen molar-refractivity contribution >= 4 is 38.6 Å². The molecule has 0 unspecified atom stereocenters. The minimum absolute atomic E-state index is 0.00373. The first kappa shape index (κ1) is 29.2. The predicted molar refractivity (Wildman–Crippen MR) is 142 cm³/mol. The molecule has 3 aromatic rings. The molecule has 40 heavy (non-hydrogen) atoms. The molecule has 11 nitrogen and oxygen atoms in total. The number of rotatable bonds is 8. The molecule has 0 bridgehead atoms. The summed E-state index contributed by atoms with van der Waals surface area (Å²) < 4.78 is 46.6. The Hall–Kier alpha value is -3.84. The van der Waals surface area contributed by atoms with E-state index in [1.807, 2.05) is 13.8 Å². The number of Topliss-reactive ketones (excluding diaryl/α,β-unsaturated/α-hetero) is 1. The van der Waals surface area contributed by atoms with Crippen molar-refractivity contribution in [3.63, 3.8) is 0 Å². The molecule has 1 aliphatic rings. The van der Waals surface area contributed by atoms with Crippen molar-refractivity contribution in [3.8, 4) is 0 Å². The van der Waals surface area contributed by atoms with Gasteiger partial charge in [-0.05, 0) is 62.4 Å². The van der Waals surface area contributed by atoms with Crippen molar-refractivity contribution in [2.24, 2.45) is 5.92 Å². The first-order valence-electron chi connectivity index (χ1n) is 12.9. The normalized spacial score (nSPS) is 19.4. The summed E-state index contributed by atoms with van der Waals surface area (Å²) in [6, 6.07) is 6.57. The molecule has 1 aliphatic heterocycles. The van der Waals surface area contributed by atoms with E-state index in [1.165, 1.54) is 42.5 Å². The molecule has 1 fully saturated rings. The molecule has 2 amide bonds. The summed E-state index contributed by atoms with van der Waals surface area (Å²) in [6.45, 7) is 4.83. The van der Waals surface area contributed by atoms with Crippen LogP contribution < -0.4 is 15.4 Å². The number of aromatic nitrogens is 1. The molecular weight excluding hydrogens is 543 g/mol. The second kappa shape index (κ2) is 11.7. The smallest absolute Gasteiger partial charge is 0.323 e. The van der Waals surface area contributed by atoms with Gasteiger partial charge in [0.1, 0.15) is 17.4 Å². The summed E-state index contributed by atoms with van der Waals surface area (Å²) in [7, 11) is -4.28. The van der Waals surface area contributed by atoms with Gasteiger partial charge in [0.2, 0.25) is 5.91 Å². The SMILES string of the molecule is CC(C)C[C@H](NC(=O)c1cc2cc(F)ccc2o1)C(=O)N[C@H]1CC[C@@H](C)N(S(=O)(=O)c2cccc[n+]2[O-])CC1=O. The Balaban J connectivity index is 1.48. The zero-order valence-electron chi connectivity index (χ0n) is 22.3. The van der Waals surface area contributed by atoms with Crippen LogP contribution in [0, 0.1) is 16.9 Å². The van der Waals surface area contributed by atoms with Crippen LogP contribution >= 0.6 is 0 Å². The highest BCUT2D eigenvalue weighted by atomic mass is 32.2. The van der Waals surface area contributed by atoms with Crippen LogP contribution in [0.25, 0.3) is 11.0 Å². The molecule has 2 N–H and O–H groups in total.